The average molecular weight is 217 g/mol. The lowest BCUT2D eigenvalue weighted by molar-refractivity contribution is -0.120. The standard InChI is InChI=1S/C14H19NO/c16-14(12-8-4-1-2-5-9-12)15-13-10-6-3-7-11-13/h3,6-7,10-12H,1-2,4-5,8-9H2,(H,15,16). The Morgan fingerprint density at radius 3 is 2.25 bits per heavy atom. The molecule has 0 atom stereocenters. The lowest BCUT2D eigenvalue weighted by Crippen LogP contribution is -2.22. The summed E-state index contributed by atoms with van der Waals surface area (Å²) in [7, 11) is 0. The van der Waals surface area contributed by atoms with Crippen LogP contribution in [-0.4, -0.2) is 5.91 Å². The van der Waals surface area contributed by atoms with Gasteiger partial charge in [-0.05, 0) is 25.0 Å². The van der Waals surface area contributed by atoms with E-state index in [4.69, 9.17) is 0 Å². The van der Waals surface area contributed by atoms with E-state index in [0.29, 0.717) is 0 Å². The molecule has 1 aliphatic carbocycles. The van der Waals surface area contributed by atoms with Gasteiger partial charge in [-0.3, -0.25) is 4.79 Å². The Labute approximate surface area is 97.1 Å². The van der Waals surface area contributed by atoms with Gasteiger partial charge in [-0.25, -0.2) is 0 Å². The second-order valence-corrected chi connectivity index (χ2v) is 4.54. The Kier molecular flexibility index (Phi) is 3.97. The highest BCUT2D eigenvalue weighted by molar-refractivity contribution is 5.92. The van der Waals surface area contributed by atoms with Crippen molar-refractivity contribution in [3.63, 3.8) is 0 Å². The van der Waals surface area contributed by atoms with Crippen LogP contribution in [0, 0.1) is 5.92 Å². The van der Waals surface area contributed by atoms with E-state index in [-0.39, 0.29) is 11.8 Å². The van der Waals surface area contributed by atoms with Crippen molar-refractivity contribution in [3.8, 4) is 0 Å². The molecule has 2 rings (SSSR count). The highest BCUT2D eigenvalue weighted by Crippen LogP contribution is 2.24. The lowest BCUT2D eigenvalue weighted by atomic mass is 9.99. The van der Waals surface area contributed by atoms with Gasteiger partial charge in [-0.1, -0.05) is 43.9 Å². The van der Waals surface area contributed by atoms with Crippen LogP contribution in [0.15, 0.2) is 30.3 Å². The van der Waals surface area contributed by atoms with Gasteiger partial charge in [0.2, 0.25) is 5.91 Å². The van der Waals surface area contributed by atoms with E-state index in [9.17, 15) is 4.79 Å². The monoisotopic (exact) mass is 217 g/mol. The van der Waals surface area contributed by atoms with Gasteiger partial charge in [0.05, 0.1) is 0 Å². The highest BCUT2D eigenvalue weighted by Gasteiger charge is 2.19. The second-order valence-electron chi connectivity index (χ2n) is 4.54. The summed E-state index contributed by atoms with van der Waals surface area (Å²) in [6.07, 6.45) is 7.08. The number of rotatable bonds is 2. The number of nitrogens with one attached hydrogen (secondary N) is 1. The van der Waals surface area contributed by atoms with Crippen molar-refractivity contribution in [2.75, 3.05) is 5.32 Å². The molecule has 16 heavy (non-hydrogen) atoms. The quantitative estimate of drug-likeness (QED) is 0.753. The van der Waals surface area contributed by atoms with Crippen molar-refractivity contribution < 1.29 is 4.79 Å². The molecule has 1 amide bonds. The summed E-state index contributed by atoms with van der Waals surface area (Å²) in [5, 5.41) is 3.00. The highest BCUT2D eigenvalue weighted by atomic mass is 16.1. The van der Waals surface area contributed by atoms with Gasteiger partial charge in [-0.2, -0.15) is 0 Å². The van der Waals surface area contributed by atoms with Gasteiger partial charge >= 0.3 is 0 Å². The zero-order valence-electron chi connectivity index (χ0n) is 9.61. The maximum Gasteiger partial charge on any atom is 0.227 e. The van der Waals surface area contributed by atoms with Crippen LogP contribution in [-0.2, 0) is 4.79 Å². The minimum absolute atomic E-state index is 0.202. The summed E-state index contributed by atoms with van der Waals surface area (Å²) in [5.41, 5.74) is 0.914. The molecule has 1 aromatic rings. The van der Waals surface area contributed by atoms with E-state index in [1.165, 1.54) is 25.7 Å². The molecular weight excluding hydrogens is 198 g/mol. The Bertz CT molecular complexity index is 326. The first kappa shape index (κ1) is 11.2. The fourth-order valence-corrected chi connectivity index (χ4v) is 2.31. The van der Waals surface area contributed by atoms with Gasteiger partial charge in [-0.15, -0.1) is 0 Å². The van der Waals surface area contributed by atoms with Crippen molar-refractivity contribution in [3.05, 3.63) is 30.3 Å². The molecule has 2 nitrogen and oxygen atoms in total. The summed E-state index contributed by atoms with van der Waals surface area (Å²) >= 11 is 0. The second kappa shape index (κ2) is 5.69. The van der Waals surface area contributed by atoms with Gasteiger partial charge in [0.25, 0.3) is 0 Å². The smallest absolute Gasteiger partial charge is 0.227 e. The average Bonchev–Trinajstić information content (AvgIpc) is 2.59. The number of para-hydroxylation sites is 1. The SMILES string of the molecule is O=C(Nc1ccccc1)C1CCCCCC1. The van der Waals surface area contributed by atoms with E-state index in [1.54, 1.807) is 0 Å². The largest absolute Gasteiger partial charge is 0.326 e. The zero-order chi connectivity index (χ0) is 11.2. The normalized spacial score (nSPS) is 17.8. The molecule has 2 heteroatoms. The van der Waals surface area contributed by atoms with Gasteiger partial charge in [0.1, 0.15) is 0 Å². The van der Waals surface area contributed by atoms with Crippen LogP contribution >= 0.6 is 0 Å². The van der Waals surface area contributed by atoms with Gasteiger partial charge in [0.15, 0.2) is 0 Å². The fourth-order valence-electron chi connectivity index (χ4n) is 2.31. The van der Waals surface area contributed by atoms with Crippen LogP contribution in [0.5, 0.6) is 0 Å². The Morgan fingerprint density at radius 2 is 1.62 bits per heavy atom. The Hall–Kier alpha value is -1.31. The molecule has 86 valence electrons. The van der Waals surface area contributed by atoms with E-state index < -0.39 is 0 Å². The molecule has 0 heterocycles. The molecule has 1 fully saturated rings. The molecule has 0 aromatic heterocycles. The third-order valence-electron chi connectivity index (χ3n) is 3.27. The number of carbonyl (C=O) groups is 1. The molecule has 0 saturated heterocycles. The van der Waals surface area contributed by atoms with E-state index in [0.717, 1.165) is 18.5 Å². The number of benzene rings is 1. The molecule has 1 saturated carbocycles. The maximum absolute atomic E-state index is 12.0. The summed E-state index contributed by atoms with van der Waals surface area (Å²) in [6, 6.07) is 9.73. The zero-order valence-corrected chi connectivity index (χ0v) is 9.61. The third kappa shape index (κ3) is 3.09. The number of amides is 1. The molecule has 0 bridgehead atoms. The maximum atomic E-state index is 12.0. The Morgan fingerprint density at radius 1 is 1.00 bits per heavy atom. The van der Waals surface area contributed by atoms with Crippen LogP contribution in [0.25, 0.3) is 0 Å². The Balaban J connectivity index is 1.92. The third-order valence-corrected chi connectivity index (χ3v) is 3.27. The van der Waals surface area contributed by atoms with Crippen LogP contribution in [0.1, 0.15) is 38.5 Å². The van der Waals surface area contributed by atoms with E-state index >= 15 is 0 Å². The topological polar surface area (TPSA) is 29.1 Å². The van der Waals surface area contributed by atoms with Crippen molar-refractivity contribution in [2.45, 2.75) is 38.5 Å². The van der Waals surface area contributed by atoms with Crippen molar-refractivity contribution in [1.82, 2.24) is 0 Å². The van der Waals surface area contributed by atoms with Crippen LogP contribution < -0.4 is 5.32 Å². The van der Waals surface area contributed by atoms with Crippen molar-refractivity contribution >= 4 is 11.6 Å². The molecule has 0 spiro atoms. The number of carbonyl (C=O) groups excluding carboxylic acids is 1. The molecule has 0 unspecified atom stereocenters. The van der Waals surface area contributed by atoms with Crippen LogP contribution in [0.4, 0.5) is 5.69 Å². The number of hydrogen-bond donors (Lipinski definition) is 1. The number of hydrogen-bond acceptors (Lipinski definition) is 1. The lowest BCUT2D eigenvalue weighted by Gasteiger charge is -2.13. The fraction of sp³-hybridized carbons (Fsp3) is 0.500. The minimum atomic E-state index is 0.202. The summed E-state index contributed by atoms with van der Waals surface area (Å²) in [6.45, 7) is 0. The molecule has 0 aliphatic heterocycles. The van der Waals surface area contributed by atoms with Crippen molar-refractivity contribution in [1.29, 1.82) is 0 Å². The van der Waals surface area contributed by atoms with Crippen molar-refractivity contribution in [2.24, 2.45) is 5.92 Å². The molecule has 1 aromatic carbocycles. The van der Waals surface area contributed by atoms with E-state index in [1.807, 2.05) is 30.3 Å². The van der Waals surface area contributed by atoms with Crippen LogP contribution in [0.2, 0.25) is 0 Å². The molecule has 0 radical (unpaired) electrons. The molecule has 1 N–H and O–H groups in total. The summed E-state index contributed by atoms with van der Waals surface area (Å²) < 4.78 is 0. The van der Waals surface area contributed by atoms with Crippen LogP contribution in [0.3, 0.4) is 0 Å². The van der Waals surface area contributed by atoms with E-state index in [2.05, 4.69) is 5.32 Å². The minimum Gasteiger partial charge on any atom is -0.326 e. The first-order valence-electron chi connectivity index (χ1n) is 6.22. The predicted octanol–water partition coefficient (Wildman–Crippen LogP) is 3.60. The number of anilines is 1. The summed E-state index contributed by atoms with van der Waals surface area (Å²) in [4.78, 5) is 12.0. The first-order chi connectivity index (χ1) is 7.86. The molecule has 1 aliphatic rings. The summed E-state index contributed by atoms with van der Waals surface area (Å²) in [5.74, 6) is 0.427. The predicted molar refractivity (Wildman–Crippen MR) is 66.3 cm³/mol. The molecular formula is C14H19NO. The van der Waals surface area contributed by atoms with Gasteiger partial charge < -0.3 is 5.32 Å². The van der Waals surface area contributed by atoms with Gasteiger partial charge in [0, 0.05) is 11.6 Å². The first-order valence-corrected chi connectivity index (χ1v) is 6.22.